The van der Waals surface area contributed by atoms with Gasteiger partial charge in [-0.3, -0.25) is 14.2 Å². The zero-order valence-electron chi connectivity index (χ0n) is 29.2. The van der Waals surface area contributed by atoms with Gasteiger partial charge in [0.25, 0.3) is 7.82 Å². The van der Waals surface area contributed by atoms with Gasteiger partial charge in [0, 0.05) is 19.3 Å². The van der Waals surface area contributed by atoms with E-state index in [0.717, 1.165) is 57.8 Å². The van der Waals surface area contributed by atoms with Gasteiger partial charge < -0.3 is 27.9 Å². The Labute approximate surface area is 275 Å². The topological polar surface area (TPSA) is 111 Å². The monoisotopic (exact) mass is 659 g/mol. The molecular weight excluding hydrogens is 593 g/mol. The second kappa shape index (κ2) is 28.8. The van der Waals surface area contributed by atoms with Crippen molar-refractivity contribution in [2.75, 3.05) is 47.5 Å². The Balaban J connectivity index is 4.40. The van der Waals surface area contributed by atoms with E-state index in [1.807, 2.05) is 21.1 Å². The number of quaternary nitrogens is 1. The van der Waals surface area contributed by atoms with Crippen LogP contribution in [0.15, 0.2) is 0 Å². The molecule has 264 valence electrons. The number of phosphoric acid groups is 1. The molecule has 0 spiro atoms. The van der Waals surface area contributed by atoms with E-state index in [1.165, 1.54) is 64.2 Å². The molecule has 1 unspecified atom stereocenters. The molecule has 0 aliphatic carbocycles. The van der Waals surface area contributed by atoms with Crippen molar-refractivity contribution in [3.8, 4) is 12.3 Å². The molecule has 0 heterocycles. The zero-order chi connectivity index (χ0) is 33.7. The minimum atomic E-state index is -4.61. The van der Waals surface area contributed by atoms with E-state index >= 15 is 0 Å². The fraction of sp³-hybridized carbons (Fsp3) is 0.886. The highest BCUT2D eigenvalue weighted by atomic mass is 31.2. The summed E-state index contributed by atoms with van der Waals surface area (Å²) in [5.41, 5.74) is 0. The van der Waals surface area contributed by atoms with E-state index in [4.69, 9.17) is 24.9 Å². The Bertz CT molecular complexity index is 823. The first-order chi connectivity index (χ1) is 21.5. The molecule has 0 radical (unpaired) electrons. The van der Waals surface area contributed by atoms with E-state index in [2.05, 4.69) is 12.8 Å². The fourth-order valence-electron chi connectivity index (χ4n) is 4.75. The number of ether oxygens (including phenoxy) is 2. The normalized spacial score (nSPS) is 13.6. The maximum absolute atomic E-state index is 12.5. The second-order valence-corrected chi connectivity index (χ2v) is 14.6. The van der Waals surface area contributed by atoms with Crippen molar-refractivity contribution in [2.45, 2.75) is 154 Å². The van der Waals surface area contributed by atoms with E-state index in [1.54, 1.807) is 0 Å². The van der Waals surface area contributed by atoms with E-state index in [0.29, 0.717) is 17.4 Å². The Morgan fingerprint density at radius 3 is 1.67 bits per heavy atom. The van der Waals surface area contributed by atoms with Gasteiger partial charge in [0.05, 0.1) is 27.7 Å². The van der Waals surface area contributed by atoms with Gasteiger partial charge >= 0.3 is 11.9 Å². The third kappa shape index (κ3) is 32.3. The number of rotatable bonds is 32. The number of terminal acetylenes is 1. The minimum Gasteiger partial charge on any atom is -0.756 e. The molecule has 0 aromatic heterocycles. The number of esters is 2. The van der Waals surface area contributed by atoms with E-state index < -0.39 is 32.5 Å². The predicted molar refractivity (Wildman–Crippen MR) is 179 cm³/mol. The van der Waals surface area contributed by atoms with Crippen molar-refractivity contribution < 1.29 is 42.1 Å². The van der Waals surface area contributed by atoms with Crippen LogP contribution in [0, 0.1) is 12.3 Å². The Morgan fingerprint density at radius 1 is 0.711 bits per heavy atom. The Morgan fingerprint density at radius 2 is 1.18 bits per heavy atom. The number of hydrogen-bond donors (Lipinski definition) is 0. The number of nitrogens with zero attached hydrogens (tertiary/aromatic N) is 1. The minimum absolute atomic E-state index is 0.0361. The molecule has 0 N–H and O–H groups in total. The standard InChI is InChI=1S/C35H66NO8P/c1-6-8-10-12-14-16-17-18-19-20-22-23-25-27-34(37)41-31-33(32-43-45(39,40)42-30-29-36(3,4)5)44-35(38)28-26-24-21-15-13-11-9-7-2/h2,33H,6,8-32H2,1,3-5H3/t33-/m0/s1. The number of hydrogen-bond acceptors (Lipinski definition) is 8. The first-order valence-corrected chi connectivity index (χ1v) is 19.1. The largest absolute Gasteiger partial charge is 0.756 e. The van der Waals surface area contributed by atoms with Crippen LogP contribution in [0.2, 0.25) is 0 Å². The first-order valence-electron chi connectivity index (χ1n) is 17.7. The van der Waals surface area contributed by atoms with Crippen LogP contribution >= 0.6 is 7.82 Å². The van der Waals surface area contributed by atoms with Crippen LogP contribution < -0.4 is 4.89 Å². The molecule has 0 aromatic rings. The summed E-state index contributed by atoms with van der Waals surface area (Å²) in [4.78, 5) is 37.1. The predicted octanol–water partition coefficient (Wildman–Crippen LogP) is 7.88. The number of phosphoric ester groups is 1. The zero-order valence-corrected chi connectivity index (χ0v) is 30.1. The lowest BCUT2D eigenvalue weighted by atomic mass is 10.0. The smallest absolute Gasteiger partial charge is 0.306 e. The molecule has 0 bridgehead atoms. The molecule has 0 aromatic carbocycles. The van der Waals surface area contributed by atoms with Crippen molar-refractivity contribution in [1.82, 2.24) is 0 Å². The lowest BCUT2D eigenvalue weighted by molar-refractivity contribution is -0.870. The molecule has 0 aliphatic rings. The van der Waals surface area contributed by atoms with Gasteiger partial charge in [0.1, 0.15) is 19.8 Å². The molecule has 0 amide bonds. The van der Waals surface area contributed by atoms with Gasteiger partial charge in [-0.05, 0) is 19.3 Å². The van der Waals surface area contributed by atoms with Crippen LogP contribution in [0.25, 0.3) is 0 Å². The third-order valence-corrected chi connectivity index (χ3v) is 8.56. The molecule has 0 fully saturated rings. The van der Waals surface area contributed by atoms with Crippen LogP contribution in [0.3, 0.4) is 0 Å². The Kier molecular flexibility index (Phi) is 27.9. The van der Waals surface area contributed by atoms with Crippen molar-refractivity contribution >= 4 is 19.8 Å². The van der Waals surface area contributed by atoms with Crippen molar-refractivity contribution in [3.63, 3.8) is 0 Å². The summed E-state index contributed by atoms with van der Waals surface area (Å²) in [5.74, 6) is 1.76. The quantitative estimate of drug-likeness (QED) is 0.0236. The van der Waals surface area contributed by atoms with E-state index in [9.17, 15) is 19.0 Å². The number of carbonyl (C=O) groups is 2. The number of likely N-dealkylation sites (N-methyl/N-ethyl adjacent to an activating group) is 1. The fourth-order valence-corrected chi connectivity index (χ4v) is 5.48. The highest BCUT2D eigenvalue weighted by molar-refractivity contribution is 7.45. The molecule has 2 atom stereocenters. The van der Waals surface area contributed by atoms with Crippen LogP contribution in [0.1, 0.15) is 148 Å². The van der Waals surface area contributed by atoms with Gasteiger partial charge in [-0.25, -0.2) is 0 Å². The summed E-state index contributed by atoms with van der Waals surface area (Å²) in [6.07, 6.45) is 27.0. The van der Waals surface area contributed by atoms with Crippen LogP contribution in [0.4, 0.5) is 0 Å². The maximum atomic E-state index is 12.5. The molecular formula is C35H66NO8P. The summed E-state index contributed by atoms with van der Waals surface area (Å²) < 4.78 is 33.5. The maximum Gasteiger partial charge on any atom is 0.306 e. The summed E-state index contributed by atoms with van der Waals surface area (Å²) in [7, 11) is 1.14. The summed E-state index contributed by atoms with van der Waals surface area (Å²) >= 11 is 0. The molecule has 0 saturated carbocycles. The first kappa shape index (κ1) is 43.6. The van der Waals surface area contributed by atoms with Crippen LogP contribution in [0.5, 0.6) is 0 Å². The molecule has 10 heteroatoms. The van der Waals surface area contributed by atoms with Crippen molar-refractivity contribution in [3.05, 3.63) is 0 Å². The molecule has 0 saturated heterocycles. The van der Waals surface area contributed by atoms with Crippen molar-refractivity contribution in [2.24, 2.45) is 0 Å². The Hall–Kier alpha value is -1.43. The highest BCUT2D eigenvalue weighted by Gasteiger charge is 2.21. The number of unbranched alkanes of at least 4 members (excludes halogenated alkanes) is 18. The van der Waals surface area contributed by atoms with Gasteiger partial charge in [0.15, 0.2) is 6.10 Å². The lowest BCUT2D eigenvalue weighted by Crippen LogP contribution is -2.37. The molecule has 0 rings (SSSR count). The van der Waals surface area contributed by atoms with Gasteiger partial charge in [-0.15, -0.1) is 12.3 Å². The summed E-state index contributed by atoms with van der Waals surface area (Å²) in [6.45, 7) is 1.93. The summed E-state index contributed by atoms with van der Waals surface area (Å²) in [5, 5.41) is 0. The average Bonchev–Trinajstić information content (AvgIpc) is 2.97. The van der Waals surface area contributed by atoms with Crippen LogP contribution in [-0.2, 0) is 32.7 Å². The average molecular weight is 660 g/mol. The lowest BCUT2D eigenvalue weighted by Gasteiger charge is -2.28. The SMILES string of the molecule is C#CCCCCCCCCC(=O)O[C@@H](COC(=O)CCCCCCCCCCCCCCC)COP(=O)([O-])OCC[N+](C)(C)C. The molecule has 9 nitrogen and oxygen atoms in total. The van der Waals surface area contributed by atoms with Gasteiger partial charge in [-0.2, -0.15) is 0 Å². The highest BCUT2D eigenvalue weighted by Crippen LogP contribution is 2.38. The van der Waals surface area contributed by atoms with Gasteiger partial charge in [-0.1, -0.05) is 110 Å². The van der Waals surface area contributed by atoms with Gasteiger partial charge in [0.2, 0.25) is 0 Å². The molecule has 0 aliphatic heterocycles. The van der Waals surface area contributed by atoms with E-state index in [-0.39, 0.29) is 26.1 Å². The summed E-state index contributed by atoms with van der Waals surface area (Å²) in [6, 6.07) is 0. The number of carbonyl (C=O) groups excluding carboxylic acids is 2. The second-order valence-electron chi connectivity index (χ2n) is 13.2. The van der Waals surface area contributed by atoms with Crippen molar-refractivity contribution in [1.29, 1.82) is 0 Å². The molecule has 45 heavy (non-hydrogen) atoms. The third-order valence-electron chi connectivity index (χ3n) is 7.59. The van der Waals surface area contributed by atoms with Crippen LogP contribution in [-0.4, -0.2) is 70.0 Å².